The van der Waals surface area contributed by atoms with E-state index in [1.54, 1.807) is 0 Å². The smallest absolute Gasteiger partial charge is 0.746 e. The monoisotopic (exact) mass is 358 g/mol. The van der Waals surface area contributed by atoms with Crippen LogP contribution in [0.3, 0.4) is 0 Å². The third-order valence-corrected chi connectivity index (χ3v) is 5.86. The van der Waals surface area contributed by atoms with Crippen molar-refractivity contribution < 1.29 is 47.6 Å². The number of rotatable bonds is 15. The van der Waals surface area contributed by atoms with Crippen molar-refractivity contribution in [1.82, 2.24) is 0 Å². The maximum absolute atomic E-state index is 11.0. The molecule has 0 aromatic carbocycles. The maximum Gasteiger partial charge on any atom is 1.00 e. The number of aliphatic hydroxyl groups is 1. The van der Waals surface area contributed by atoms with Gasteiger partial charge >= 0.3 is 29.6 Å². The van der Waals surface area contributed by atoms with Crippen LogP contribution in [0.2, 0.25) is 0 Å². The van der Waals surface area contributed by atoms with Crippen LogP contribution >= 0.6 is 0 Å². The van der Waals surface area contributed by atoms with Crippen LogP contribution in [0.5, 0.6) is 0 Å². The number of unbranched alkanes of at least 4 members (excludes halogenated alkanes) is 11. The topological polar surface area (TPSA) is 77.4 Å². The Bertz CT molecular complexity index is 360. The van der Waals surface area contributed by atoms with E-state index in [1.807, 2.05) is 0 Å². The van der Waals surface area contributed by atoms with Gasteiger partial charge in [0, 0.05) is 0 Å². The zero-order valence-corrected chi connectivity index (χ0v) is 18.3. The molecule has 0 aliphatic rings. The van der Waals surface area contributed by atoms with E-state index in [0.717, 1.165) is 19.3 Å². The molecule has 0 aliphatic carbocycles. The quantitative estimate of drug-likeness (QED) is 0.275. The predicted molar refractivity (Wildman–Crippen MR) is 90.6 cm³/mol. The Morgan fingerprint density at radius 1 is 0.783 bits per heavy atom. The van der Waals surface area contributed by atoms with Gasteiger partial charge in [0.1, 0.15) is 10.1 Å². The van der Waals surface area contributed by atoms with Crippen LogP contribution in [0.1, 0.15) is 104 Å². The van der Waals surface area contributed by atoms with Crippen molar-refractivity contribution in [3.05, 3.63) is 0 Å². The Morgan fingerprint density at radius 3 is 1.43 bits per heavy atom. The summed E-state index contributed by atoms with van der Waals surface area (Å²) in [6.07, 6.45) is 14.2. The van der Waals surface area contributed by atoms with Crippen LogP contribution in [-0.4, -0.2) is 23.0 Å². The first kappa shape index (κ1) is 26.1. The SMILES string of the molecule is CCCCCCCCCCCCCCC(O)(CC)S(=O)(=O)[O-].[Na+]. The standard InChI is InChI=1S/C17H36O4S.Na/c1-3-5-6-7-8-9-10-11-12-13-14-15-16-17(18,4-2)22(19,20)21;/h18H,3-16H2,1-2H3,(H,19,20,21);/q;+1/p-1. The Labute approximate surface area is 165 Å². The van der Waals surface area contributed by atoms with E-state index in [2.05, 4.69) is 6.92 Å². The third-order valence-electron chi connectivity index (χ3n) is 4.44. The van der Waals surface area contributed by atoms with E-state index in [0.29, 0.717) is 6.42 Å². The second-order valence-electron chi connectivity index (χ2n) is 6.39. The van der Waals surface area contributed by atoms with Gasteiger partial charge in [-0.1, -0.05) is 84.5 Å². The molecule has 0 heterocycles. The molecule has 1 unspecified atom stereocenters. The first-order chi connectivity index (χ1) is 10.4. The summed E-state index contributed by atoms with van der Waals surface area (Å²) in [5.41, 5.74) is 0. The molecule has 23 heavy (non-hydrogen) atoms. The summed E-state index contributed by atoms with van der Waals surface area (Å²) in [6, 6.07) is 0. The van der Waals surface area contributed by atoms with Gasteiger partial charge < -0.3 is 9.66 Å². The molecule has 0 rings (SSSR count). The summed E-state index contributed by atoms with van der Waals surface area (Å²) in [5, 5.41) is 9.82. The first-order valence-electron chi connectivity index (χ1n) is 9.05. The fraction of sp³-hybridized carbons (Fsp3) is 1.00. The fourth-order valence-electron chi connectivity index (χ4n) is 2.72. The van der Waals surface area contributed by atoms with Crippen LogP contribution in [-0.2, 0) is 10.1 Å². The molecule has 0 saturated carbocycles. The van der Waals surface area contributed by atoms with Gasteiger partial charge in [-0.15, -0.1) is 0 Å². The zero-order chi connectivity index (χ0) is 16.9. The molecule has 0 radical (unpaired) electrons. The number of hydrogen-bond acceptors (Lipinski definition) is 4. The molecule has 0 aliphatic heterocycles. The van der Waals surface area contributed by atoms with Crippen LogP contribution in [0, 0.1) is 0 Å². The van der Waals surface area contributed by atoms with Gasteiger partial charge in [0.05, 0.1) is 0 Å². The predicted octanol–water partition coefficient (Wildman–Crippen LogP) is 1.73. The minimum atomic E-state index is -4.62. The van der Waals surface area contributed by atoms with Crippen molar-refractivity contribution in [2.45, 2.75) is 109 Å². The molecule has 0 aromatic rings. The molecule has 0 saturated heterocycles. The summed E-state index contributed by atoms with van der Waals surface area (Å²) in [4.78, 5) is -2.06. The first-order valence-corrected chi connectivity index (χ1v) is 10.5. The van der Waals surface area contributed by atoms with Gasteiger partial charge in [0.2, 0.25) is 0 Å². The molecule has 0 fully saturated rings. The van der Waals surface area contributed by atoms with Gasteiger partial charge in [-0.3, -0.25) is 0 Å². The normalized spacial score (nSPS) is 14.3. The minimum absolute atomic E-state index is 0. The largest absolute Gasteiger partial charge is 1.00 e. The molecule has 1 N–H and O–H groups in total. The average Bonchev–Trinajstić information content (AvgIpc) is 2.47. The molecule has 1 atom stereocenters. The molecule has 134 valence electrons. The van der Waals surface area contributed by atoms with Crippen molar-refractivity contribution >= 4 is 10.1 Å². The van der Waals surface area contributed by atoms with Crippen molar-refractivity contribution in [1.29, 1.82) is 0 Å². The van der Waals surface area contributed by atoms with E-state index in [-0.39, 0.29) is 42.4 Å². The van der Waals surface area contributed by atoms with E-state index in [1.165, 1.54) is 58.3 Å². The Kier molecular flexibility index (Phi) is 17.2. The van der Waals surface area contributed by atoms with Gasteiger partial charge in [-0.2, -0.15) is 0 Å². The summed E-state index contributed by atoms with van der Waals surface area (Å²) >= 11 is 0. The fourth-order valence-corrected chi connectivity index (χ4v) is 3.47. The minimum Gasteiger partial charge on any atom is -0.746 e. The molecular formula is C17H35NaO4S. The molecule has 0 spiro atoms. The molecule has 4 nitrogen and oxygen atoms in total. The van der Waals surface area contributed by atoms with Gasteiger partial charge in [0.15, 0.2) is 4.93 Å². The molecule has 0 aromatic heterocycles. The molecule has 0 bridgehead atoms. The van der Waals surface area contributed by atoms with Crippen LogP contribution in [0.15, 0.2) is 0 Å². The van der Waals surface area contributed by atoms with E-state index < -0.39 is 15.1 Å². The zero-order valence-electron chi connectivity index (χ0n) is 15.5. The van der Waals surface area contributed by atoms with Crippen molar-refractivity contribution in [2.75, 3.05) is 0 Å². The van der Waals surface area contributed by atoms with E-state index in [9.17, 15) is 18.1 Å². The second-order valence-corrected chi connectivity index (χ2v) is 8.06. The maximum atomic E-state index is 11.0. The average molecular weight is 359 g/mol. The van der Waals surface area contributed by atoms with Crippen LogP contribution in [0.25, 0.3) is 0 Å². The molecular weight excluding hydrogens is 323 g/mol. The van der Waals surface area contributed by atoms with Crippen molar-refractivity contribution in [2.24, 2.45) is 0 Å². The van der Waals surface area contributed by atoms with Crippen LogP contribution in [0.4, 0.5) is 0 Å². The van der Waals surface area contributed by atoms with Gasteiger partial charge in [-0.05, 0) is 19.3 Å². The van der Waals surface area contributed by atoms with E-state index in [4.69, 9.17) is 0 Å². The Hall–Kier alpha value is 0.870. The summed E-state index contributed by atoms with van der Waals surface area (Å²) in [6.45, 7) is 3.77. The summed E-state index contributed by atoms with van der Waals surface area (Å²) in [5.74, 6) is 0. The second kappa shape index (κ2) is 15.2. The van der Waals surface area contributed by atoms with Gasteiger partial charge in [-0.25, -0.2) is 8.42 Å². The summed E-state index contributed by atoms with van der Waals surface area (Å²) < 4.78 is 33.0. The molecule has 6 heteroatoms. The summed E-state index contributed by atoms with van der Waals surface area (Å²) in [7, 11) is -4.62. The molecule has 0 amide bonds. The van der Waals surface area contributed by atoms with Crippen molar-refractivity contribution in [3.63, 3.8) is 0 Å². The third kappa shape index (κ3) is 12.8. The number of hydrogen-bond donors (Lipinski definition) is 1. The Morgan fingerprint density at radius 2 is 1.13 bits per heavy atom. The Balaban J connectivity index is 0. The van der Waals surface area contributed by atoms with Crippen molar-refractivity contribution in [3.8, 4) is 0 Å². The van der Waals surface area contributed by atoms with Gasteiger partial charge in [0.25, 0.3) is 0 Å². The van der Waals surface area contributed by atoms with Crippen LogP contribution < -0.4 is 29.6 Å². The van der Waals surface area contributed by atoms with E-state index >= 15 is 0 Å².